The number of halogens is 2. The van der Waals surface area contributed by atoms with E-state index < -0.39 is 0 Å². The summed E-state index contributed by atoms with van der Waals surface area (Å²) in [7, 11) is 0. The maximum Gasteiger partial charge on any atom is 0.142 e. The van der Waals surface area contributed by atoms with E-state index in [0.29, 0.717) is 6.04 Å². The van der Waals surface area contributed by atoms with Crippen molar-refractivity contribution in [2.75, 3.05) is 19.6 Å². The number of nitrogens with one attached hydrogen (secondary N) is 1. The second-order valence-electron chi connectivity index (χ2n) is 4.73. The lowest BCUT2D eigenvalue weighted by molar-refractivity contribution is 0.276. The molecule has 4 heteroatoms. The predicted octanol–water partition coefficient (Wildman–Crippen LogP) is 3.30. The first-order valence-electron chi connectivity index (χ1n) is 6.42. The van der Waals surface area contributed by atoms with E-state index in [-0.39, 0.29) is 10.8 Å². The van der Waals surface area contributed by atoms with Crippen LogP contribution in [0.3, 0.4) is 0 Å². The molecule has 1 rings (SSSR count). The highest BCUT2D eigenvalue weighted by Crippen LogP contribution is 2.16. The van der Waals surface area contributed by atoms with Crippen LogP contribution >= 0.6 is 11.6 Å². The maximum atomic E-state index is 13.3. The van der Waals surface area contributed by atoms with Crippen molar-refractivity contribution in [3.63, 3.8) is 0 Å². The van der Waals surface area contributed by atoms with Crippen molar-refractivity contribution in [3.05, 3.63) is 34.6 Å². The second kappa shape index (κ2) is 7.72. The Bertz CT molecular complexity index is 369. The minimum absolute atomic E-state index is 0.184. The highest BCUT2D eigenvalue weighted by molar-refractivity contribution is 6.30. The average molecular weight is 273 g/mol. The first-order chi connectivity index (χ1) is 8.52. The quantitative estimate of drug-likeness (QED) is 0.819. The fourth-order valence-corrected chi connectivity index (χ4v) is 1.87. The zero-order chi connectivity index (χ0) is 13.5. The van der Waals surface area contributed by atoms with Crippen molar-refractivity contribution in [3.8, 4) is 0 Å². The molecule has 0 aromatic heterocycles. The van der Waals surface area contributed by atoms with Gasteiger partial charge in [-0.1, -0.05) is 38.4 Å². The van der Waals surface area contributed by atoms with Crippen LogP contribution in [0.1, 0.15) is 26.3 Å². The Balaban J connectivity index is 2.49. The molecule has 0 saturated carbocycles. The minimum atomic E-state index is -0.342. The number of nitrogens with zero attached hydrogens (tertiary/aromatic N) is 1. The Hall–Kier alpha value is -0.640. The van der Waals surface area contributed by atoms with Crippen LogP contribution in [-0.2, 0) is 6.54 Å². The van der Waals surface area contributed by atoms with Gasteiger partial charge in [0.25, 0.3) is 0 Å². The zero-order valence-corrected chi connectivity index (χ0v) is 12.1. The predicted molar refractivity (Wildman–Crippen MR) is 75.5 cm³/mol. The van der Waals surface area contributed by atoms with Gasteiger partial charge in [0.05, 0.1) is 5.02 Å². The van der Waals surface area contributed by atoms with E-state index in [1.54, 1.807) is 6.07 Å². The van der Waals surface area contributed by atoms with Gasteiger partial charge in [-0.15, -0.1) is 0 Å². The molecule has 0 aliphatic rings. The summed E-state index contributed by atoms with van der Waals surface area (Å²) in [5.74, 6) is -0.342. The minimum Gasteiger partial charge on any atom is -0.313 e. The van der Waals surface area contributed by atoms with Crippen LogP contribution in [-0.4, -0.2) is 30.6 Å². The summed E-state index contributed by atoms with van der Waals surface area (Å²) in [5, 5.41) is 3.56. The molecule has 0 radical (unpaired) electrons. The molecular formula is C14H22ClFN2. The third kappa shape index (κ3) is 5.34. The lowest BCUT2D eigenvalue weighted by Crippen LogP contribution is -2.34. The standard InChI is InChI=1S/C14H22ClFN2/c1-4-18(8-7-17-11(2)3)10-12-5-6-13(15)14(16)9-12/h5-6,9,11,17H,4,7-8,10H2,1-3H3. The number of benzene rings is 1. The first kappa shape index (κ1) is 15.4. The molecule has 0 heterocycles. The van der Waals surface area contributed by atoms with Gasteiger partial charge in [-0.2, -0.15) is 0 Å². The largest absolute Gasteiger partial charge is 0.313 e. The summed E-state index contributed by atoms with van der Waals surface area (Å²) < 4.78 is 13.3. The highest BCUT2D eigenvalue weighted by atomic mass is 35.5. The molecule has 0 saturated heterocycles. The highest BCUT2D eigenvalue weighted by Gasteiger charge is 2.06. The molecule has 0 fully saturated rings. The second-order valence-corrected chi connectivity index (χ2v) is 5.13. The molecule has 0 amide bonds. The van der Waals surface area contributed by atoms with Gasteiger partial charge in [-0.05, 0) is 24.2 Å². The molecule has 0 aliphatic heterocycles. The average Bonchev–Trinajstić information content (AvgIpc) is 2.32. The summed E-state index contributed by atoms with van der Waals surface area (Å²) in [4.78, 5) is 2.28. The molecule has 0 atom stereocenters. The summed E-state index contributed by atoms with van der Waals surface area (Å²) in [6, 6.07) is 5.51. The third-order valence-electron chi connectivity index (χ3n) is 2.82. The lowest BCUT2D eigenvalue weighted by atomic mass is 10.2. The van der Waals surface area contributed by atoms with Gasteiger partial charge in [0.2, 0.25) is 0 Å². The van der Waals surface area contributed by atoms with Crippen LogP contribution in [0.2, 0.25) is 5.02 Å². The number of likely N-dealkylation sites (N-methyl/N-ethyl adjacent to an activating group) is 1. The number of rotatable bonds is 7. The summed E-state index contributed by atoms with van der Waals surface area (Å²) in [6.45, 7) is 9.98. The normalized spacial score (nSPS) is 11.5. The van der Waals surface area contributed by atoms with Crippen molar-refractivity contribution < 1.29 is 4.39 Å². The van der Waals surface area contributed by atoms with Gasteiger partial charge in [0.15, 0.2) is 0 Å². The maximum absolute atomic E-state index is 13.3. The molecule has 0 unspecified atom stereocenters. The Morgan fingerprint density at radius 1 is 1.39 bits per heavy atom. The molecule has 1 aromatic rings. The van der Waals surface area contributed by atoms with E-state index in [9.17, 15) is 4.39 Å². The number of hydrogen-bond donors (Lipinski definition) is 1. The van der Waals surface area contributed by atoms with Crippen LogP contribution in [0.4, 0.5) is 4.39 Å². The Morgan fingerprint density at radius 2 is 2.11 bits per heavy atom. The first-order valence-corrected chi connectivity index (χ1v) is 6.80. The molecule has 1 aromatic carbocycles. The van der Waals surface area contributed by atoms with Crippen LogP contribution in [0.5, 0.6) is 0 Å². The lowest BCUT2D eigenvalue weighted by Gasteiger charge is -2.21. The fourth-order valence-electron chi connectivity index (χ4n) is 1.76. The molecule has 2 nitrogen and oxygen atoms in total. The van der Waals surface area contributed by atoms with Gasteiger partial charge in [0, 0.05) is 25.7 Å². The van der Waals surface area contributed by atoms with Crippen LogP contribution in [0.25, 0.3) is 0 Å². The molecule has 18 heavy (non-hydrogen) atoms. The summed E-state index contributed by atoms with van der Waals surface area (Å²) in [5.41, 5.74) is 0.961. The van der Waals surface area contributed by atoms with Crippen molar-refractivity contribution in [1.82, 2.24) is 10.2 Å². The summed E-state index contributed by atoms with van der Waals surface area (Å²) in [6.07, 6.45) is 0. The topological polar surface area (TPSA) is 15.3 Å². The molecule has 0 spiro atoms. The molecule has 102 valence electrons. The van der Waals surface area contributed by atoms with E-state index in [1.165, 1.54) is 6.07 Å². The molecule has 0 aliphatic carbocycles. The SMILES string of the molecule is CCN(CCNC(C)C)Cc1ccc(Cl)c(F)c1. The Morgan fingerprint density at radius 3 is 2.67 bits per heavy atom. The Kier molecular flexibility index (Phi) is 6.61. The monoisotopic (exact) mass is 272 g/mol. The van der Waals surface area contributed by atoms with Crippen LogP contribution < -0.4 is 5.32 Å². The molecule has 0 bridgehead atoms. The van der Waals surface area contributed by atoms with E-state index in [2.05, 4.69) is 31.0 Å². The molecule has 1 N–H and O–H groups in total. The van der Waals surface area contributed by atoms with Crippen molar-refractivity contribution in [2.24, 2.45) is 0 Å². The smallest absolute Gasteiger partial charge is 0.142 e. The third-order valence-corrected chi connectivity index (χ3v) is 3.12. The summed E-state index contributed by atoms with van der Waals surface area (Å²) >= 11 is 5.67. The van der Waals surface area contributed by atoms with Crippen molar-refractivity contribution >= 4 is 11.6 Å². The van der Waals surface area contributed by atoms with Gasteiger partial charge in [0.1, 0.15) is 5.82 Å². The zero-order valence-electron chi connectivity index (χ0n) is 11.3. The van der Waals surface area contributed by atoms with E-state index in [1.807, 2.05) is 6.07 Å². The van der Waals surface area contributed by atoms with Gasteiger partial charge in [-0.25, -0.2) is 4.39 Å². The van der Waals surface area contributed by atoms with Gasteiger partial charge >= 0.3 is 0 Å². The van der Waals surface area contributed by atoms with Gasteiger partial charge in [-0.3, -0.25) is 4.90 Å². The van der Waals surface area contributed by atoms with Crippen molar-refractivity contribution in [1.29, 1.82) is 0 Å². The van der Waals surface area contributed by atoms with E-state index >= 15 is 0 Å². The Labute approximate surface area is 114 Å². The van der Waals surface area contributed by atoms with Crippen molar-refractivity contribution in [2.45, 2.75) is 33.4 Å². The van der Waals surface area contributed by atoms with Gasteiger partial charge < -0.3 is 5.32 Å². The molecular weight excluding hydrogens is 251 g/mol. The van der Waals surface area contributed by atoms with E-state index in [0.717, 1.165) is 31.7 Å². The van der Waals surface area contributed by atoms with E-state index in [4.69, 9.17) is 11.6 Å². The van der Waals surface area contributed by atoms with Crippen LogP contribution in [0, 0.1) is 5.82 Å². The van der Waals surface area contributed by atoms with Crippen LogP contribution in [0.15, 0.2) is 18.2 Å². The number of hydrogen-bond acceptors (Lipinski definition) is 2. The fraction of sp³-hybridized carbons (Fsp3) is 0.571.